The van der Waals surface area contributed by atoms with Crippen molar-refractivity contribution in [1.29, 1.82) is 0 Å². The molecular formula is C11H21N3O2. The van der Waals surface area contributed by atoms with E-state index in [0.717, 1.165) is 13.1 Å². The van der Waals surface area contributed by atoms with Gasteiger partial charge in [0.25, 0.3) is 0 Å². The SMILES string of the molecule is CCNC(=O)CN(C)C(=O)[C@@H]1CNC[C@H]1C. The van der Waals surface area contributed by atoms with E-state index in [0.29, 0.717) is 12.5 Å². The van der Waals surface area contributed by atoms with E-state index in [2.05, 4.69) is 17.6 Å². The third-order valence-electron chi connectivity index (χ3n) is 2.97. The Kier molecular flexibility index (Phi) is 4.73. The van der Waals surface area contributed by atoms with Crippen molar-refractivity contribution in [3.8, 4) is 0 Å². The van der Waals surface area contributed by atoms with Crippen LogP contribution >= 0.6 is 0 Å². The van der Waals surface area contributed by atoms with Crippen molar-refractivity contribution >= 4 is 11.8 Å². The Morgan fingerprint density at radius 2 is 2.12 bits per heavy atom. The topological polar surface area (TPSA) is 61.4 Å². The van der Waals surface area contributed by atoms with Gasteiger partial charge in [0, 0.05) is 20.1 Å². The third kappa shape index (κ3) is 3.20. The van der Waals surface area contributed by atoms with Crippen molar-refractivity contribution in [3.05, 3.63) is 0 Å². The lowest BCUT2D eigenvalue weighted by Gasteiger charge is -2.22. The van der Waals surface area contributed by atoms with Crippen LogP contribution in [-0.2, 0) is 9.59 Å². The third-order valence-corrected chi connectivity index (χ3v) is 2.97. The quantitative estimate of drug-likeness (QED) is 0.676. The minimum atomic E-state index is -0.100. The molecule has 0 aromatic rings. The van der Waals surface area contributed by atoms with Crippen LogP contribution in [-0.4, -0.2) is 49.9 Å². The average molecular weight is 227 g/mol. The summed E-state index contributed by atoms with van der Waals surface area (Å²) in [6, 6.07) is 0. The van der Waals surface area contributed by atoms with Crippen LogP contribution in [0.3, 0.4) is 0 Å². The van der Waals surface area contributed by atoms with Gasteiger partial charge < -0.3 is 15.5 Å². The molecule has 0 aromatic carbocycles. The Balaban J connectivity index is 2.44. The fraction of sp³-hybridized carbons (Fsp3) is 0.818. The smallest absolute Gasteiger partial charge is 0.239 e. The highest BCUT2D eigenvalue weighted by atomic mass is 16.2. The summed E-state index contributed by atoms with van der Waals surface area (Å²) < 4.78 is 0. The lowest BCUT2D eigenvalue weighted by atomic mass is 9.97. The lowest BCUT2D eigenvalue weighted by Crippen LogP contribution is -2.42. The van der Waals surface area contributed by atoms with Crippen LogP contribution in [0, 0.1) is 11.8 Å². The largest absolute Gasteiger partial charge is 0.355 e. The molecule has 0 unspecified atom stereocenters. The second-order valence-corrected chi connectivity index (χ2v) is 4.39. The van der Waals surface area contributed by atoms with Crippen molar-refractivity contribution in [2.45, 2.75) is 13.8 Å². The predicted octanol–water partition coefficient (Wildman–Crippen LogP) is -0.564. The molecule has 0 bridgehead atoms. The first-order chi connectivity index (χ1) is 7.56. The zero-order valence-corrected chi connectivity index (χ0v) is 10.2. The zero-order chi connectivity index (χ0) is 12.1. The maximum absolute atomic E-state index is 12.0. The van der Waals surface area contributed by atoms with Gasteiger partial charge in [0.05, 0.1) is 12.5 Å². The average Bonchev–Trinajstić information content (AvgIpc) is 2.63. The molecule has 1 fully saturated rings. The fourth-order valence-corrected chi connectivity index (χ4v) is 1.97. The molecule has 0 aromatic heterocycles. The molecule has 1 aliphatic heterocycles. The van der Waals surface area contributed by atoms with E-state index in [4.69, 9.17) is 0 Å². The van der Waals surface area contributed by atoms with Gasteiger partial charge in [-0.25, -0.2) is 0 Å². The fourth-order valence-electron chi connectivity index (χ4n) is 1.97. The van der Waals surface area contributed by atoms with Crippen molar-refractivity contribution in [2.24, 2.45) is 11.8 Å². The molecule has 1 rings (SSSR count). The highest BCUT2D eigenvalue weighted by Crippen LogP contribution is 2.17. The van der Waals surface area contributed by atoms with Crippen LogP contribution in [0.1, 0.15) is 13.8 Å². The number of hydrogen-bond donors (Lipinski definition) is 2. The van der Waals surface area contributed by atoms with E-state index in [-0.39, 0.29) is 24.3 Å². The van der Waals surface area contributed by atoms with Crippen molar-refractivity contribution in [3.63, 3.8) is 0 Å². The summed E-state index contributed by atoms with van der Waals surface area (Å²) in [5, 5.41) is 5.87. The molecule has 2 amide bonds. The monoisotopic (exact) mass is 227 g/mol. The van der Waals surface area contributed by atoms with Gasteiger partial charge in [0.2, 0.25) is 11.8 Å². The number of amides is 2. The molecule has 0 aliphatic carbocycles. The Bertz CT molecular complexity index is 268. The molecule has 1 heterocycles. The molecule has 1 saturated heterocycles. The zero-order valence-electron chi connectivity index (χ0n) is 10.2. The number of carbonyl (C=O) groups excluding carboxylic acids is 2. The Morgan fingerprint density at radius 3 is 2.62 bits per heavy atom. The molecule has 0 saturated carbocycles. The van der Waals surface area contributed by atoms with E-state index < -0.39 is 0 Å². The highest BCUT2D eigenvalue weighted by molar-refractivity contribution is 5.86. The van der Waals surface area contributed by atoms with Gasteiger partial charge in [-0.15, -0.1) is 0 Å². The molecule has 92 valence electrons. The summed E-state index contributed by atoms with van der Waals surface area (Å²) in [6.07, 6.45) is 0. The standard InChI is InChI=1S/C11H21N3O2/c1-4-13-10(15)7-14(3)11(16)9-6-12-5-8(9)2/h8-9,12H,4-7H2,1-3H3,(H,13,15)/t8-,9-/m1/s1. The lowest BCUT2D eigenvalue weighted by molar-refractivity contribution is -0.138. The van der Waals surface area contributed by atoms with Crippen LogP contribution in [0.4, 0.5) is 0 Å². The van der Waals surface area contributed by atoms with Crippen molar-refractivity contribution < 1.29 is 9.59 Å². The molecule has 0 radical (unpaired) electrons. The van der Waals surface area contributed by atoms with E-state index in [1.54, 1.807) is 7.05 Å². The van der Waals surface area contributed by atoms with Crippen LogP contribution < -0.4 is 10.6 Å². The predicted molar refractivity (Wildman–Crippen MR) is 61.8 cm³/mol. The number of carbonyl (C=O) groups is 2. The summed E-state index contributed by atoms with van der Waals surface area (Å²) in [4.78, 5) is 24.8. The van der Waals surface area contributed by atoms with Gasteiger partial charge in [-0.3, -0.25) is 9.59 Å². The minimum Gasteiger partial charge on any atom is -0.355 e. The minimum absolute atomic E-state index is 0.0134. The Labute approximate surface area is 96.6 Å². The molecule has 1 aliphatic rings. The van der Waals surface area contributed by atoms with Gasteiger partial charge in [0.1, 0.15) is 0 Å². The molecule has 16 heavy (non-hydrogen) atoms. The molecular weight excluding hydrogens is 206 g/mol. The van der Waals surface area contributed by atoms with E-state index in [1.165, 1.54) is 4.90 Å². The van der Waals surface area contributed by atoms with Gasteiger partial charge in [-0.2, -0.15) is 0 Å². The van der Waals surface area contributed by atoms with Gasteiger partial charge in [-0.1, -0.05) is 6.92 Å². The maximum Gasteiger partial charge on any atom is 0.239 e. The molecule has 2 atom stereocenters. The van der Waals surface area contributed by atoms with Gasteiger partial charge in [0.15, 0.2) is 0 Å². The Hall–Kier alpha value is -1.10. The first-order valence-electron chi connectivity index (χ1n) is 5.78. The number of likely N-dealkylation sites (N-methyl/N-ethyl adjacent to an activating group) is 2. The van der Waals surface area contributed by atoms with E-state index in [1.807, 2.05) is 6.92 Å². The van der Waals surface area contributed by atoms with E-state index in [9.17, 15) is 9.59 Å². The van der Waals surface area contributed by atoms with Crippen molar-refractivity contribution in [1.82, 2.24) is 15.5 Å². The maximum atomic E-state index is 12.0. The second-order valence-electron chi connectivity index (χ2n) is 4.39. The van der Waals surface area contributed by atoms with Crippen LogP contribution in [0.2, 0.25) is 0 Å². The number of nitrogens with one attached hydrogen (secondary N) is 2. The first kappa shape index (κ1) is 13.0. The number of hydrogen-bond acceptors (Lipinski definition) is 3. The summed E-state index contributed by atoms with van der Waals surface area (Å²) >= 11 is 0. The number of rotatable bonds is 4. The summed E-state index contributed by atoms with van der Waals surface area (Å²) in [5.74, 6) is 0.323. The van der Waals surface area contributed by atoms with Gasteiger partial charge in [-0.05, 0) is 19.4 Å². The molecule has 2 N–H and O–H groups in total. The van der Waals surface area contributed by atoms with Crippen LogP contribution in [0.15, 0.2) is 0 Å². The van der Waals surface area contributed by atoms with Crippen LogP contribution in [0.5, 0.6) is 0 Å². The molecule has 5 nitrogen and oxygen atoms in total. The Morgan fingerprint density at radius 1 is 1.44 bits per heavy atom. The van der Waals surface area contributed by atoms with Crippen molar-refractivity contribution in [2.75, 3.05) is 33.2 Å². The normalized spacial score (nSPS) is 24.2. The molecule has 5 heteroatoms. The molecule has 0 spiro atoms. The number of nitrogens with zero attached hydrogens (tertiary/aromatic N) is 1. The van der Waals surface area contributed by atoms with Gasteiger partial charge >= 0.3 is 0 Å². The second kappa shape index (κ2) is 5.84. The summed E-state index contributed by atoms with van der Waals surface area (Å²) in [6.45, 7) is 6.27. The highest BCUT2D eigenvalue weighted by Gasteiger charge is 2.31. The summed E-state index contributed by atoms with van der Waals surface area (Å²) in [7, 11) is 1.68. The summed E-state index contributed by atoms with van der Waals surface area (Å²) in [5.41, 5.74) is 0. The first-order valence-corrected chi connectivity index (χ1v) is 5.78. The van der Waals surface area contributed by atoms with Crippen LogP contribution in [0.25, 0.3) is 0 Å². The van der Waals surface area contributed by atoms with E-state index >= 15 is 0 Å².